The Balaban J connectivity index is 1.92. The van der Waals surface area contributed by atoms with Crippen molar-refractivity contribution in [2.45, 2.75) is 46.1 Å². The first-order valence-corrected chi connectivity index (χ1v) is 7.42. The first-order valence-electron chi connectivity index (χ1n) is 7.42. The molecule has 2 heterocycles. The second-order valence-electron chi connectivity index (χ2n) is 6.27. The molecule has 0 bridgehead atoms. The molecule has 1 aliphatic rings. The summed E-state index contributed by atoms with van der Waals surface area (Å²) in [5.74, 6) is -0.133. The lowest BCUT2D eigenvalue weighted by atomic mass is 9.90. The van der Waals surface area contributed by atoms with Gasteiger partial charge in [-0.05, 0) is 37.8 Å². The average Bonchev–Trinajstić information content (AvgIpc) is 2.96. The molecule has 0 atom stereocenters. The van der Waals surface area contributed by atoms with E-state index in [9.17, 15) is 4.79 Å². The monoisotopic (exact) mass is 279 g/mol. The van der Waals surface area contributed by atoms with Crippen molar-refractivity contribution in [1.82, 2.24) is 25.6 Å². The topological polar surface area (TPSA) is 71.8 Å². The van der Waals surface area contributed by atoms with Crippen molar-refractivity contribution in [3.05, 3.63) is 11.9 Å². The molecule has 1 saturated heterocycles. The Labute approximate surface area is 120 Å². The van der Waals surface area contributed by atoms with E-state index >= 15 is 0 Å². The van der Waals surface area contributed by atoms with E-state index in [-0.39, 0.29) is 11.3 Å². The van der Waals surface area contributed by atoms with E-state index in [0.29, 0.717) is 18.3 Å². The molecule has 0 aromatic carbocycles. The molecule has 20 heavy (non-hydrogen) atoms. The van der Waals surface area contributed by atoms with E-state index in [4.69, 9.17) is 0 Å². The van der Waals surface area contributed by atoms with Gasteiger partial charge in [0.15, 0.2) is 5.69 Å². The third kappa shape index (κ3) is 3.79. The molecule has 0 unspecified atom stereocenters. The second-order valence-corrected chi connectivity index (χ2v) is 6.27. The molecule has 1 fully saturated rings. The minimum atomic E-state index is -0.133. The summed E-state index contributed by atoms with van der Waals surface area (Å²) in [5, 5.41) is 14.4. The number of nitrogens with one attached hydrogen (secondary N) is 2. The van der Waals surface area contributed by atoms with Gasteiger partial charge >= 0.3 is 0 Å². The highest BCUT2D eigenvalue weighted by Crippen LogP contribution is 2.19. The molecule has 6 nitrogen and oxygen atoms in total. The smallest absolute Gasteiger partial charge is 0.273 e. The van der Waals surface area contributed by atoms with Crippen LogP contribution in [0.15, 0.2) is 6.20 Å². The van der Waals surface area contributed by atoms with Gasteiger partial charge in [0.25, 0.3) is 5.91 Å². The maximum absolute atomic E-state index is 12.1. The van der Waals surface area contributed by atoms with E-state index in [1.54, 1.807) is 6.20 Å². The quantitative estimate of drug-likeness (QED) is 0.854. The number of aromatic nitrogens is 3. The van der Waals surface area contributed by atoms with Gasteiger partial charge in [-0.25, -0.2) is 4.68 Å². The highest BCUT2D eigenvalue weighted by molar-refractivity contribution is 5.91. The maximum Gasteiger partial charge on any atom is 0.273 e. The first-order chi connectivity index (χ1) is 9.52. The number of carbonyl (C=O) groups is 1. The third-order valence-corrected chi connectivity index (χ3v) is 4.11. The van der Waals surface area contributed by atoms with Crippen LogP contribution in [0.5, 0.6) is 0 Å². The number of rotatable bonds is 5. The van der Waals surface area contributed by atoms with Gasteiger partial charge in [-0.3, -0.25) is 4.79 Å². The molecule has 1 amide bonds. The molecule has 1 aromatic heterocycles. The predicted molar refractivity (Wildman–Crippen MR) is 77.6 cm³/mol. The lowest BCUT2D eigenvalue weighted by Gasteiger charge is -2.22. The Morgan fingerprint density at radius 1 is 1.50 bits per heavy atom. The van der Waals surface area contributed by atoms with Gasteiger partial charge < -0.3 is 10.6 Å². The maximum atomic E-state index is 12.1. The van der Waals surface area contributed by atoms with Crippen molar-refractivity contribution in [2.75, 3.05) is 19.6 Å². The number of hydrogen-bond acceptors (Lipinski definition) is 4. The van der Waals surface area contributed by atoms with Crippen LogP contribution in [0, 0.1) is 5.41 Å². The molecule has 1 aromatic rings. The molecule has 0 spiro atoms. The minimum absolute atomic E-state index is 0.112. The summed E-state index contributed by atoms with van der Waals surface area (Å²) in [4.78, 5) is 12.1. The molecule has 0 aliphatic carbocycles. The number of amides is 1. The Kier molecular flexibility index (Phi) is 4.75. The van der Waals surface area contributed by atoms with Crippen molar-refractivity contribution in [2.24, 2.45) is 5.41 Å². The fraction of sp³-hybridized carbons (Fsp3) is 0.786. The zero-order valence-corrected chi connectivity index (χ0v) is 12.6. The third-order valence-electron chi connectivity index (χ3n) is 4.11. The Morgan fingerprint density at radius 3 is 2.85 bits per heavy atom. The lowest BCUT2D eigenvalue weighted by Crippen LogP contribution is -2.33. The molecular weight excluding hydrogens is 254 g/mol. The van der Waals surface area contributed by atoms with Gasteiger partial charge in [-0.2, -0.15) is 0 Å². The Morgan fingerprint density at radius 2 is 2.20 bits per heavy atom. The molecular formula is C14H25N5O. The predicted octanol–water partition coefficient (Wildman–Crippen LogP) is 1.37. The van der Waals surface area contributed by atoms with Crippen LogP contribution in [0.25, 0.3) is 0 Å². The molecule has 2 rings (SSSR count). The molecule has 2 N–H and O–H groups in total. The largest absolute Gasteiger partial charge is 0.350 e. The van der Waals surface area contributed by atoms with Crippen LogP contribution in [0.4, 0.5) is 0 Å². The van der Waals surface area contributed by atoms with Crippen LogP contribution < -0.4 is 10.6 Å². The number of hydrogen-bond donors (Lipinski definition) is 2. The zero-order valence-electron chi connectivity index (χ0n) is 12.6. The lowest BCUT2D eigenvalue weighted by molar-refractivity contribution is 0.0930. The highest BCUT2D eigenvalue weighted by Gasteiger charge is 2.20. The van der Waals surface area contributed by atoms with Crippen molar-refractivity contribution >= 4 is 5.91 Å². The van der Waals surface area contributed by atoms with Crippen molar-refractivity contribution in [1.29, 1.82) is 0 Å². The van der Waals surface area contributed by atoms with Crippen molar-refractivity contribution in [3.8, 4) is 0 Å². The number of piperidine rings is 1. The van der Waals surface area contributed by atoms with Crippen LogP contribution >= 0.6 is 0 Å². The van der Waals surface area contributed by atoms with Gasteiger partial charge in [0.05, 0.1) is 12.2 Å². The molecule has 112 valence electrons. The van der Waals surface area contributed by atoms with Crippen LogP contribution in [-0.2, 0) is 0 Å². The van der Waals surface area contributed by atoms with E-state index in [1.807, 2.05) is 4.68 Å². The fourth-order valence-corrected chi connectivity index (χ4v) is 2.17. The molecule has 0 saturated carbocycles. The van der Waals surface area contributed by atoms with E-state index in [0.717, 1.165) is 32.4 Å². The van der Waals surface area contributed by atoms with Gasteiger partial charge in [-0.15, -0.1) is 5.10 Å². The van der Waals surface area contributed by atoms with E-state index in [1.165, 1.54) is 0 Å². The Bertz CT molecular complexity index is 448. The summed E-state index contributed by atoms with van der Waals surface area (Å²) in [6.07, 6.45) is 4.86. The van der Waals surface area contributed by atoms with Gasteiger partial charge in [-0.1, -0.05) is 26.0 Å². The molecule has 1 aliphatic heterocycles. The second kappa shape index (κ2) is 6.35. The zero-order chi connectivity index (χ0) is 14.6. The Hall–Kier alpha value is -1.43. The van der Waals surface area contributed by atoms with Gasteiger partial charge in [0.1, 0.15) is 0 Å². The van der Waals surface area contributed by atoms with E-state index < -0.39 is 0 Å². The van der Waals surface area contributed by atoms with Crippen LogP contribution in [-0.4, -0.2) is 40.5 Å². The summed E-state index contributed by atoms with van der Waals surface area (Å²) < 4.78 is 1.83. The highest BCUT2D eigenvalue weighted by atomic mass is 16.2. The average molecular weight is 279 g/mol. The minimum Gasteiger partial charge on any atom is -0.350 e. The SMILES string of the molecule is CCC(C)(C)CNC(=O)c1cn(C2CCNCC2)nn1. The van der Waals surface area contributed by atoms with Gasteiger partial charge in [0, 0.05) is 6.54 Å². The number of carbonyl (C=O) groups excluding carboxylic acids is 1. The van der Waals surface area contributed by atoms with Crippen LogP contribution in [0.2, 0.25) is 0 Å². The fourth-order valence-electron chi connectivity index (χ4n) is 2.17. The van der Waals surface area contributed by atoms with Crippen molar-refractivity contribution in [3.63, 3.8) is 0 Å². The van der Waals surface area contributed by atoms with E-state index in [2.05, 4.69) is 41.7 Å². The summed E-state index contributed by atoms with van der Waals surface area (Å²) in [6, 6.07) is 0.359. The molecule has 6 heteroatoms. The first kappa shape index (κ1) is 15.0. The summed E-state index contributed by atoms with van der Waals surface area (Å²) in [6.45, 7) is 9.05. The van der Waals surface area contributed by atoms with Crippen LogP contribution in [0.3, 0.4) is 0 Å². The summed E-state index contributed by atoms with van der Waals surface area (Å²) in [5.41, 5.74) is 0.524. The summed E-state index contributed by atoms with van der Waals surface area (Å²) in [7, 11) is 0. The molecule has 0 radical (unpaired) electrons. The standard InChI is InChI=1S/C14H25N5O/c1-4-14(2,3)10-16-13(20)12-9-19(18-17-12)11-5-7-15-8-6-11/h9,11,15H,4-8,10H2,1-3H3,(H,16,20). The normalized spacial score (nSPS) is 17.1. The van der Waals surface area contributed by atoms with Crippen molar-refractivity contribution < 1.29 is 4.79 Å². The van der Waals surface area contributed by atoms with Crippen LogP contribution in [0.1, 0.15) is 56.6 Å². The number of nitrogens with zero attached hydrogens (tertiary/aromatic N) is 3. The van der Waals surface area contributed by atoms with Gasteiger partial charge in [0.2, 0.25) is 0 Å². The summed E-state index contributed by atoms with van der Waals surface area (Å²) >= 11 is 0.